The van der Waals surface area contributed by atoms with Crippen LogP contribution in [0.4, 0.5) is 0 Å². The Kier molecular flexibility index (Phi) is 9.58. The van der Waals surface area contributed by atoms with Crippen LogP contribution in [0.5, 0.6) is 0 Å². The second-order valence-electron chi connectivity index (χ2n) is 11.3. The van der Waals surface area contributed by atoms with Gasteiger partial charge in [-0.3, -0.25) is 14.4 Å². The number of carbonyl (C=O) groups excluding carboxylic acids is 4. The number of rotatable bonds is 10. The topological polar surface area (TPSA) is 144 Å². The predicted octanol–water partition coefficient (Wildman–Crippen LogP) is 1.54. The van der Waals surface area contributed by atoms with Gasteiger partial charge < -0.3 is 34.9 Å². The van der Waals surface area contributed by atoms with Crippen LogP contribution in [-0.4, -0.2) is 91.6 Å². The Morgan fingerprint density at radius 3 is 2.48 bits per heavy atom. The highest BCUT2D eigenvalue weighted by atomic mass is 16.8. The Morgan fingerprint density at radius 2 is 1.77 bits per heavy atom. The van der Waals surface area contributed by atoms with Gasteiger partial charge in [-0.25, -0.2) is 4.79 Å². The fraction of sp³-hybridized carbons (Fsp3) is 0.394. The van der Waals surface area contributed by atoms with Crippen LogP contribution >= 0.6 is 0 Å². The number of nitrogens with zero attached hydrogens (tertiary/aromatic N) is 1. The molecule has 232 valence electrons. The van der Waals surface area contributed by atoms with Crippen LogP contribution in [0, 0.1) is 0 Å². The summed E-state index contributed by atoms with van der Waals surface area (Å²) in [5.41, 5.74) is 3.56. The average molecular weight is 604 g/mol. The monoisotopic (exact) mass is 603 g/mol. The van der Waals surface area contributed by atoms with Crippen molar-refractivity contribution in [3.05, 3.63) is 88.5 Å². The molecule has 1 aliphatic heterocycles. The maximum absolute atomic E-state index is 13.4. The molecule has 11 nitrogen and oxygen atoms in total. The minimum absolute atomic E-state index is 0.0510. The summed E-state index contributed by atoms with van der Waals surface area (Å²) in [5, 5.41) is 14.2. The van der Waals surface area contributed by atoms with Crippen LogP contribution in [0.2, 0.25) is 0 Å². The van der Waals surface area contributed by atoms with Crippen molar-refractivity contribution < 1.29 is 38.5 Å². The summed E-state index contributed by atoms with van der Waals surface area (Å²) in [6.45, 7) is 0.0725. The van der Waals surface area contributed by atoms with E-state index in [0.29, 0.717) is 24.0 Å². The van der Waals surface area contributed by atoms with Crippen molar-refractivity contribution in [2.75, 3.05) is 33.8 Å². The molecule has 0 saturated carbocycles. The molecule has 3 amide bonds. The van der Waals surface area contributed by atoms with E-state index in [9.17, 15) is 19.2 Å². The third-order valence-electron chi connectivity index (χ3n) is 7.82. The summed E-state index contributed by atoms with van der Waals surface area (Å²) in [6.07, 6.45) is 3.92. The molecule has 1 heterocycles. The molecule has 0 radical (unpaired) electrons. The highest BCUT2D eigenvalue weighted by molar-refractivity contribution is 5.95. The Morgan fingerprint density at radius 1 is 1.02 bits per heavy atom. The molecule has 2 aromatic rings. The van der Waals surface area contributed by atoms with Gasteiger partial charge in [0.25, 0.3) is 0 Å². The van der Waals surface area contributed by atoms with Crippen LogP contribution in [0.1, 0.15) is 39.9 Å². The zero-order valence-corrected chi connectivity index (χ0v) is 24.8. The first-order chi connectivity index (χ1) is 21.2. The summed E-state index contributed by atoms with van der Waals surface area (Å²) in [4.78, 5) is 51.9. The average Bonchev–Trinajstić information content (AvgIpc) is 3.56. The Balaban J connectivity index is 1.32. The van der Waals surface area contributed by atoms with E-state index < -0.39 is 36.0 Å². The molecule has 2 aliphatic carbocycles. The smallest absolute Gasteiger partial charge is 0.338 e. The number of carbonyl (C=O) groups is 4. The van der Waals surface area contributed by atoms with Gasteiger partial charge in [-0.1, -0.05) is 36.4 Å². The number of amides is 3. The summed E-state index contributed by atoms with van der Waals surface area (Å²) < 4.78 is 19.0. The van der Waals surface area contributed by atoms with Gasteiger partial charge in [0.15, 0.2) is 5.79 Å². The number of hydrogen-bond donors (Lipinski definition) is 3. The standard InChI is InChI=1S/C33H37N3O8/c1-36(2)29(39)11-10-21-6-5-9-22(16-21)32(41)42-26-17-25(31(40)35-13-12-28(38)34-14-15-37)18-27-30(26)44-33(43-27)19-23-7-3-4-8-24(23)20-33/h3-11,16,18,26-27,30,37H,12-15,17,19-20H2,1-2H3,(H,34,38)(H,35,40). The lowest BCUT2D eigenvalue weighted by atomic mass is 9.91. The minimum atomic E-state index is -0.930. The maximum atomic E-state index is 13.4. The highest BCUT2D eigenvalue weighted by Gasteiger charge is 2.55. The third kappa shape index (κ3) is 7.24. The van der Waals surface area contributed by atoms with Crippen molar-refractivity contribution in [3.63, 3.8) is 0 Å². The van der Waals surface area contributed by atoms with Gasteiger partial charge in [0, 0.05) is 64.5 Å². The van der Waals surface area contributed by atoms with E-state index in [-0.39, 0.29) is 49.9 Å². The number of aliphatic hydroxyl groups excluding tert-OH is 1. The molecule has 0 aromatic heterocycles. The lowest BCUT2D eigenvalue weighted by molar-refractivity contribution is -0.172. The quantitative estimate of drug-likeness (QED) is 0.274. The van der Waals surface area contributed by atoms with Crippen molar-refractivity contribution in [2.24, 2.45) is 0 Å². The molecule has 11 heteroatoms. The Bertz CT molecular complexity index is 1460. The Labute approximate surface area is 255 Å². The second kappa shape index (κ2) is 13.5. The lowest BCUT2D eigenvalue weighted by Crippen LogP contribution is -2.44. The molecular weight excluding hydrogens is 566 g/mol. The SMILES string of the molecule is CN(C)C(=O)C=Cc1cccc(C(=O)OC2CC(C(=O)NCCC(=O)NCCO)=CC3OC4(Cc5ccccc5C4)OC32)c1. The van der Waals surface area contributed by atoms with Crippen molar-refractivity contribution in [3.8, 4) is 0 Å². The van der Waals surface area contributed by atoms with E-state index in [2.05, 4.69) is 10.6 Å². The molecule has 3 unspecified atom stereocenters. The van der Waals surface area contributed by atoms with Crippen LogP contribution in [-0.2, 0) is 41.4 Å². The predicted molar refractivity (Wildman–Crippen MR) is 160 cm³/mol. The largest absolute Gasteiger partial charge is 0.456 e. The fourth-order valence-corrected chi connectivity index (χ4v) is 5.64. The molecule has 3 atom stereocenters. The van der Waals surface area contributed by atoms with Crippen LogP contribution < -0.4 is 10.6 Å². The first-order valence-corrected chi connectivity index (χ1v) is 14.7. The summed E-state index contributed by atoms with van der Waals surface area (Å²) in [6, 6.07) is 14.7. The second-order valence-corrected chi connectivity index (χ2v) is 11.3. The zero-order valence-electron chi connectivity index (χ0n) is 24.8. The molecule has 5 rings (SSSR count). The first-order valence-electron chi connectivity index (χ1n) is 14.7. The molecular formula is C33H37N3O8. The van der Waals surface area contributed by atoms with Gasteiger partial charge in [0.2, 0.25) is 17.7 Å². The van der Waals surface area contributed by atoms with E-state index in [1.165, 1.54) is 11.0 Å². The fourth-order valence-electron chi connectivity index (χ4n) is 5.64. The Hall–Kier alpha value is -4.32. The van der Waals surface area contributed by atoms with E-state index >= 15 is 0 Å². The van der Waals surface area contributed by atoms with Gasteiger partial charge in [-0.15, -0.1) is 0 Å². The number of nitrogens with one attached hydrogen (secondary N) is 2. The number of likely N-dealkylation sites (N-methyl/N-ethyl adjacent to an activating group) is 1. The van der Waals surface area contributed by atoms with E-state index in [0.717, 1.165) is 11.1 Å². The molecule has 3 N–H and O–H groups in total. The summed E-state index contributed by atoms with van der Waals surface area (Å²) >= 11 is 0. The molecule has 1 fully saturated rings. The molecule has 3 aliphatic rings. The third-order valence-corrected chi connectivity index (χ3v) is 7.82. The molecule has 0 bridgehead atoms. The minimum Gasteiger partial charge on any atom is -0.456 e. The van der Waals surface area contributed by atoms with Crippen LogP contribution in [0.3, 0.4) is 0 Å². The van der Waals surface area contributed by atoms with Crippen molar-refractivity contribution in [2.45, 2.75) is 49.8 Å². The molecule has 1 spiro atoms. The van der Waals surface area contributed by atoms with E-state index in [4.69, 9.17) is 19.3 Å². The van der Waals surface area contributed by atoms with Gasteiger partial charge in [0.1, 0.15) is 18.3 Å². The van der Waals surface area contributed by atoms with Gasteiger partial charge in [-0.2, -0.15) is 0 Å². The normalized spacial score (nSPS) is 21.3. The number of benzene rings is 2. The maximum Gasteiger partial charge on any atom is 0.338 e. The van der Waals surface area contributed by atoms with Crippen LogP contribution in [0.25, 0.3) is 6.08 Å². The van der Waals surface area contributed by atoms with Crippen molar-refractivity contribution >= 4 is 29.8 Å². The lowest BCUT2D eigenvalue weighted by Gasteiger charge is -2.30. The van der Waals surface area contributed by atoms with Crippen LogP contribution in [0.15, 0.2) is 66.3 Å². The van der Waals surface area contributed by atoms with Gasteiger partial charge >= 0.3 is 5.97 Å². The summed E-state index contributed by atoms with van der Waals surface area (Å²) in [7, 11) is 3.31. The number of hydrogen-bond acceptors (Lipinski definition) is 8. The molecule has 44 heavy (non-hydrogen) atoms. The van der Waals surface area contributed by atoms with Crippen molar-refractivity contribution in [1.82, 2.24) is 15.5 Å². The number of aliphatic hydroxyl groups is 1. The van der Waals surface area contributed by atoms with E-state index in [1.54, 1.807) is 50.5 Å². The summed E-state index contributed by atoms with van der Waals surface area (Å²) in [5.74, 6) is -2.39. The number of ether oxygens (including phenoxy) is 3. The van der Waals surface area contributed by atoms with Gasteiger partial charge in [0.05, 0.1) is 12.2 Å². The number of fused-ring (bicyclic) bond motifs is 2. The molecule has 1 saturated heterocycles. The number of esters is 1. The highest BCUT2D eigenvalue weighted by Crippen LogP contribution is 2.45. The zero-order chi connectivity index (χ0) is 31.3. The first kappa shape index (κ1) is 31.1. The molecule has 2 aromatic carbocycles. The van der Waals surface area contributed by atoms with E-state index in [1.807, 2.05) is 24.3 Å². The van der Waals surface area contributed by atoms with Gasteiger partial charge in [-0.05, 0) is 41.0 Å². The van der Waals surface area contributed by atoms with Crippen molar-refractivity contribution in [1.29, 1.82) is 0 Å².